The molecule has 0 N–H and O–H groups in total. The molecule has 3 heteroatoms. The minimum atomic E-state index is 0.0908. The molecule has 0 bridgehead atoms. The molecule has 7 aromatic carbocycles. The predicted octanol–water partition coefficient (Wildman–Crippen LogP) is 14.5. The van der Waals surface area contributed by atoms with Crippen molar-refractivity contribution in [3.63, 3.8) is 0 Å². The number of fused-ring (bicyclic) bond motifs is 4. The van der Waals surface area contributed by atoms with Gasteiger partial charge in [-0.15, -0.1) is 0 Å². The second-order valence-electron chi connectivity index (χ2n) is 15.7. The van der Waals surface area contributed by atoms with Crippen molar-refractivity contribution in [2.75, 3.05) is 9.80 Å². The summed E-state index contributed by atoms with van der Waals surface area (Å²) in [5, 5.41) is 2.25. The number of rotatable bonds is 7. The third kappa shape index (κ3) is 5.87. The summed E-state index contributed by atoms with van der Waals surface area (Å²) < 4.78 is 6.40. The van der Waals surface area contributed by atoms with E-state index in [0.717, 1.165) is 56.1 Å². The fourth-order valence-corrected chi connectivity index (χ4v) is 8.29. The van der Waals surface area contributed by atoms with Gasteiger partial charge < -0.3 is 14.2 Å². The number of anilines is 6. The van der Waals surface area contributed by atoms with Crippen LogP contribution in [0.15, 0.2) is 174 Å². The highest BCUT2D eigenvalue weighted by Crippen LogP contribution is 2.49. The lowest BCUT2D eigenvalue weighted by Gasteiger charge is -2.42. The normalized spacial score (nSPS) is 14.6. The lowest BCUT2D eigenvalue weighted by atomic mass is 9.63. The summed E-state index contributed by atoms with van der Waals surface area (Å²) in [5.74, 6) is 0. The Morgan fingerprint density at radius 1 is 0.415 bits per heavy atom. The maximum atomic E-state index is 6.40. The Kier molecular flexibility index (Phi) is 7.96. The fraction of sp³-hybridized carbons (Fsp3) is 0.160. The van der Waals surface area contributed by atoms with Gasteiger partial charge in [-0.05, 0) is 125 Å². The van der Waals surface area contributed by atoms with E-state index in [9.17, 15) is 0 Å². The Bertz CT molecular complexity index is 2510. The third-order valence-corrected chi connectivity index (χ3v) is 11.3. The molecule has 0 spiro atoms. The van der Waals surface area contributed by atoms with Crippen molar-refractivity contribution in [1.29, 1.82) is 0 Å². The molecular formula is C50H44N2O. The van der Waals surface area contributed by atoms with Crippen molar-refractivity contribution in [2.45, 2.75) is 51.4 Å². The molecule has 0 saturated carbocycles. The SMILES string of the molecule is CC1(C)CCC(C)(C)c2cc(N(c3ccc(-c4ccc(N(c5ccccc5)c5ccccc5)cc4)cc3)c3cccc4oc5ccccc5c34)ccc21. The van der Waals surface area contributed by atoms with Crippen molar-refractivity contribution < 1.29 is 4.42 Å². The number of furan rings is 1. The molecule has 1 aromatic heterocycles. The van der Waals surface area contributed by atoms with Crippen LogP contribution in [0.5, 0.6) is 0 Å². The van der Waals surface area contributed by atoms with E-state index in [1.54, 1.807) is 0 Å². The highest BCUT2D eigenvalue weighted by atomic mass is 16.3. The molecular weight excluding hydrogens is 645 g/mol. The molecule has 9 rings (SSSR count). The van der Waals surface area contributed by atoms with Gasteiger partial charge in [0.15, 0.2) is 0 Å². The van der Waals surface area contributed by atoms with E-state index in [4.69, 9.17) is 4.42 Å². The molecule has 8 aromatic rings. The van der Waals surface area contributed by atoms with Gasteiger partial charge in [-0.2, -0.15) is 0 Å². The monoisotopic (exact) mass is 688 g/mol. The summed E-state index contributed by atoms with van der Waals surface area (Å²) >= 11 is 0. The summed E-state index contributed by atoms with van der Waals surface area (Å²) in [6.07, 6.45) is 2.36. The van der Waals surface area contributed by atoms with Crippen molar-refractivity contribution >= 4 is 56.1 Å². The van der Waals surface area contributed by atoms with Gasteiger partial charge in [0, 0.05) is 33.8 Å². The van der Waals surface area contributed by atoms with Gasteiger partial charge in [-0.3, -0.25) is 0 Å². The largest absolute Gasteiger partial charge is 0.456 e. The second-order valence-corrected chi connectivity index (χ2v) is 15.7. The Morgan fingerprint density at radius 3 is 1.53 bits per heavy atom. The van der Waals surface area contributed by atoms with Crippen LogP contribution >= 0.6 is 0 Å². The van der Waals surface area contributed by atoms with E-state index in [0.29, 0.717) is 0 Å². The van der Waals surface area contributed by atoms with Crippen LogP contribution in [0.2, 0.25) is 0 Å². The zero-order chi connectivity index (χ0) is 36.2. The van der Waals surface area contributed by atoms with Crippen LogP contribution < -0.4 is 9.80 Å². The number of para-hydroxylation sites is 3. The Morgan fingerprint density at radius 2 is 0.906 bits per heavy atom. The van der Waals surface area contributed by atoms with Crippen molar-refractivity contribution in [3.8, 4) is 11.1 Å². The predicted molar refractivity (Wildman–Crippen MR) is 224 cm³/mol. The number of benzene rings is 7. The first-order valence-corrected chi connectivity index (χ1v) is 18.7. The quantitative estimate of drug-likeness (QED) is 0.166. The van der Waals surface area contributed by atoms with Crippen LogP contribution in [-0.2, 0) is 10.8 Å². The maximum Gasteiger partial charge on any atom is 0.137 e. The Balaban J connectivity index is 1.14. The zero-order valence-corrected chi connectivity index (χ0v) is 30.9. The Labute approximate surface area is 312 Å². The molecule has 3 nitrogen and oxygen atoms in total. The summed E-state index contributed by atoms with van der Waals surface area (Å²) in [5.41, 5.74) is 14.0. The first-order valence-electron chi connectivity index (χ1n) is 18.7. The van der Waals surface area contributed by atoms with E-state index < -0.39 is 0 Å². The zero-order valence-electron chi connectivity index (χ0n) is 30.9. The van der Waals surface area contributed by atoms with E-state index >= 15 is 0 Å². The van der Waals surface area contributed by atoms with Crippen LogP contribution in [0.4, 0.5) is 34.1 Å². The van der Waals surface area contributed by atoms with Gasteiger partial charge in [0.1, 0.15) is 11.2 Å². The number of hydrogen-bond acceptors (Lipinski definition) is 3. The van der Waals surface area contributed by atoms with E-state index in [1.165, 1.54) is 35.1 Å². The summed E-state index contributed by atoms with van der Waals surface area (Å²) in [6.45, 7) is 9.59. The first-order chi connectivity index (χ1) is 25.8. The number of hydrogen-bond donors (Lipinski definition) is 0. The van der Waals surface area contributed by atoms with Gasteiger partial charge in [0.2, 0.25) is 0 Å². The van der Waals surface area contributed by atoms with Gasteiger partial charge in [0.25, 0.3) is 0 Å². The molecule has 260 valence electrons. The Hall–Kier alpha value is -6.06. The minimum absolute atomic E-state index is 0.0908. The minimum Gasteiger partial charge on any atom is -0.456 e. The standard InChI is InChI=1S/C50H44N2O/c1-49(2)32-33-50(3,4)44-34-41(30-31-43(44)49)52(45-19-13-21-47-48(45)42-18-11-12-20-46(42)53-47)40-28-24-36(25-29-40)35-22-26-39(27-23-35)51(37-14-7-5-8-15-37)38-16-9-6-10-17-38/h5-31,34H,32-33H2,1-4H3. The van der Waals surface area contributed by atoms with E-state index in [2.05, 4.69) is 201 Å². The average molecular weight is 689 g/mol. The van der Waals surface area contributed by atoms with Crippen LogP contribution in [0, 0.1) is 0 Å². The van der Waals surface area contributed by atoms with Gasteiger partial charge in [-0.1, -0.05) is 119 Å². The van der Waals surface area contributed by atoms with Gasteiger partial charge >= 0.3 is 0 Å². The molecule has 0 unspecified atom stereocenters. The summed E-state index contributed by atoms with van der Waals surface area (Å²) in [4.78, 5) is 4.72. The van der Waals surface area contributed by atoms with Crippen LogP contribution in [0.3, 0.4) is 0 Å². The summed E-state index contributed by atoms with van der Waals surface area (Å²) in [7, 11) is 0. The maximum absolute atomic E-state index is 6.40. The molecule has 1 aliphatic rings. The van der Waals surface area contributed by atoms with Gasteiger partial charge in [0.05, 0.1) is 11.1 Å². The van der Waals surface area contributed by atoms with Crippen LogP contribution in [0.1, 0.15) is 51.7 Å². The topological polar surface area (TPSA) is 19.6 Å². The summed E-state index contributed by atoms with van der Waals surface area (Å²) in [6, 6.07) is 61.0. The van der Waals surface area contributed by atoms with Crippen LogP contribution in [-0.4, -0.2) is 0 Å². The molecule has 0 saturated heterocycles. The molecule has 53 heavy (non-hydrogen) atoms. The molecule has 0 amide bonds. The lowest BCUT2D eigenvalue weighted by Crippen LogP contribution is -2.34. The highest BCUT2D eigenvalue weighted by Gasteiger charge is 2.37. The molecule has 1 heterocycles. The van der Waals surface area contributed by atoms with Crippen molar-refractivity contribution in [2.24, 2.45) is 0 Å². The molecule has 0 radical (unpaired) electrons. The highest BCUT2D eigenvalue weighted by molar-refractivity contribution is 6.13. The number of nitrogens with zero attached hydrogens (tertiary/aromatic N) is 2. The molecule has 1 aliphatic carbocycles. The smallest absolute Gasteiger partial charge is 0.137 e. The van der Waals surface area contributed by atoms with E-state index in [1.807, 2.05) is 6.07 Å². The second kappa shape index (κ2) is 12.9. The average Bonchev–Trinajstić information content (AvgIpc) is 3.58. The third-order valence-electron chi connectivity index (χ3n) is 11.3. The van der Waals surface area contributed by atoms with Crippen molar-refractivity contribution in [3.05, 3.63) is 181 Å². The fourth-order valence-electron chi connectivity index (χ4n) is 8.29. The molecule has 0 aliphatic heterocycles. The van der Waals surface area contributed by atoms with Gasteiger partial charge in [-0.25, -0.2) is 0 Å². The van der Waals surface area contributed by atoms with E-state index in [-0.39, 0.29) is 10.8 Å². The lowest BCUT2D eigenvalue weighted by molar-refractivity contribution is 0.332. The first kappa shape index (κ1) is 32.8. The molecule has 0 fully saturated rings. The van der Waals surface area contributed by atoms with Crippen molar-refractivity contribution in [1.82, 2.24) is 0 Å². The van der Waals surface area contributed by atoms with Crippen LogP contribution in [0.25, 0.3) is 33.1 Å². The molecule has 0 atom stereocenters.